The predicted octanol–water partition coefficient (Wildman–Crippen LogP) is 9.83. The highest BCUT2D eigenvalue weighted by Gasteiger charge is 2.22. The standard InChI is InChI=1S/C39H24N4/c1-3-11-25(12-4-1)42-34-18-10-9-16-28(34)29-19-20-30-33-23-32-27-15-7-8-17-31(27)39-40-21-22-41(39)35(32)24-36(33)43(38(30)37(29)42)26-13-5-2-6-14-26/h1-24H. The van der Waals surface area contributed by atoms with E-state index in [1.54, 1.807) is 0 Å². The molecule has 0 amide bonds. The Morgan fingerprint density at radius 1 is 0.395 bits per heavy atom. The average molecular weight is 549 g/mol. The van der Waals surface area contributed by atoms with Crippen molar-refractivity contribution < 1.29 is 0 Å². The van der Waals surface area contributed by atoms with Crippen LogP contribution in [0.15, 0.2) is 146 Å². The van der Waals surface area contributed by atoms with Crippen LogP contribution in [-0.4, -0.2) is 18.5 Å². The molecule has 0 N–H and O–H groups in total. The number of para-hydroxylation sites is 3. The molecule has 4 nitrogen and oxygen atoms in total. The van der Waals surface area contributed by atoms with E-state index in [4.69, 9.17) is 4.98 Å². The highest BCUT2D eigenvalue weighted by molar-refractivity contribution is 6.26. The maximum Gasteiger partial charge on any atom is 0.145 e. The summed E-state index contributed by atoms with van der Waals surface area (Å²) in [5.74, 6) is 0. The topological polar surface area (TPSA) is 27.2 Å². The van der Waals surface area contributed by atoms with Gasteiger partial charge >= 0.3 is 0 Å². The molecule has 0 fully saturated rings. The van der Waals surface area contributed by atoms with Gasteiger partial charge in [0.15, 0.2) is 0 Å². The van der Waals surface area contributed by atoms with Crippen molar-refractivity contribution in [1.82, 2.24) is 18.5 Å². The van der Waals surface area contributed by atoms with Gasteiger partial charge in [-0.05, 0) is 47.9 Å². The second-order valence-corrected chi connectivity index (χ2v) is 11.3. The van der Waals surface area contributed by atoms with Gasteiger partial charge in [-0.25, -0.2) is 4.98 Å². The van der Waals surface area contributed by atoms with Crippen molar-refractivity contribution in [1.29, 1.82) is 0 Å². The third kappa shape index (κ3) is 2.97. The van der Waals surface area contributed by atoms with E-state index in [-0.39, 0.29) is 0 Å². The summed E-state index contributed by atoms with van der Waals surface area (Å²) >= 11 is 0. The van der Waals surface area contributed by atoms with Crippen LogP contribution < -0.4 is 0 Å². The molecule has 10 aromatic rings. The van der Waals surface area contributed by atoms with Crippen molar-refractivity contribution in [3.05, 3.63) is 146 Å². The lowest BCUT2D eigenvalue weighted by Crippen LogP contribution is -1.98. The Kier molecular flexibility index (Phi) is 4.42. The minimum absolute atomic E-state index is 0.983. The molecule has 0 unspecified atom stereocenters. The number of hydrogen-bond acceptors (Lipinski definition) is 1. The predicted molar refractivity (Wildman–Crippen MR) is 179 cm³/mol. The van der Waals surface area contributed by atoms with Crippen molar-refractivity contribution in [3.8, 4) is 11.4 Å². The minimum atomic E-state index is 0.983. The molecule has 0 saturated heterocycles. The average Bonchev–Trinajstić information content (AvgIpc) is 3.78. The Morgan fingerprint density at radius 3 is 1.67 bits per heavy atom. The van der Waals surface area contributed by atoms with E-state index in [0.717, 1.165) is 27.9 Å². The summed E-state index contributed by atoms with van der Waals surface area (Å²) in [6, 6.07) is 48.3. The first-order valence-electron chi connectivity index (χ1n) is 14.7. The maximum absolute atomic E-state index is 4.76. The molecule has 0 spiro atoms. The largest absolute Gasteiger partial charge is 0.307 e. The van der Waals surface area contributed by atoms with Gasteiger partial charge in [-0.3, -0.25) is 4.40 Å². The van der Waals surface area contributed by atoms with Gasteiger partial charge in [0.05, 0.1) is 27.6 Å². The highest BCUT2D eigenvalue weighted by Crippen LogP contribution is 2.43. The lowest BCUT2D eigenvalue weighted by molar-refractivity contribution is 1.15. The Labute approximate surface area is 246 Å². The van der Waals surface area contributed by atoms with Gasteiger partial charge in [-0.15, -0.1) is 0 Å². The van der Waals surface area contributed by atoms with E-state index in [1.165, 1.54) is 54.4 Å². The molecule has 6 aromatic carbocycles. The summed E-state index contributed by atoms with van der Waals surface area (Å²) in [7, 11) is 0. The lowest BCUT2D eigenvalue weighted by Gasteiger charge is -2.13. The second-order valence-electron chi connectivity index (χ2n) is 11.3. The first-order valence-corrected chi connectivity index (χ1v) is 14.7. The molecule has 4 heteroatoms. The Morgan fingerprint density at radius 2 is 0.953 bits per heavy atom. The van der Waals surface area contributed by atoms with Gasteiger partial charge in [-0.2, -0.15) is 0 Å². The minimum Gasteiger partial charge on any atom is -0.307 e. The second kappa shape index (κ2) is 8.34. The molecule has 0 aliphatic carbocycles. The van der Waals surface area contributed by atoms with Crippen LogP contribution in [0.1, 0.15) is 0 Å². The van der Waals surface area contributed by atoms with Crippen molar-refractivity contribution in [2.24, 2.45) is 0 Å². The van der Waals surface area contributed by atoms with E-state index in [9.17, 15) is 0 Å². The van der Waals surface area contributed by atoms with Crippen molar-refractivity contribution in [3.63, 3.8) is 0 Å². The molecular formula is C39H24N4. The van der Waals surface area contributed by atoms with E-state index >= 15 is 0 Å². The zero-order valence-corrected chi connectivity index (χ0v) is 23.1. The fourth-order valence-electron chi connectivity index (χ4n) is 7.30. The fraction of sp³-hybridized carbons (Fsp3) is 0. The molecule has 0 saturated carbocycles. The smallest absolute Gasteiger partial charge is 0.145 e. The van der Waals surface area contributed by atoms with Gasteiger partial charge < -0.3 is 9.13 Å². The lowest BCUT2D eigenvalue weighted by atomic mass is 10.0. The third-order valence-corrected chi connectivity index (χ3v) is 9.07. The van der Waals surface area contributed by atoms with E-state index in [2.05, 4.69) is 153 Å². The van der Waals surface area contributed by atoms with Crippen molar-refractivity contribution >= 4 is 70.9 Å². The molecule has 200 valence electrons. The van der Waals surface area contributed by atoms with Crippen molar-refractivity contribution in [2.45, 2.75) is 0 Å². The van der Waals surface area contributed by atoms with E-state index in [1.807, 2.05) is 6.20 Å². The fourth-order valence-corrected chi connectivity index (χ4v) is 7.30. The maximum atomic E-state index is 4.76. The number of hydrogen-bond donors (Lipinski definition) is 0. The summed E-state index contributed by atoms with van der Waals surface area (Å²) in [4.78, 5) is 4.76. The van der Waals surface area contributed by atoms with Gasteiger partial charge in [0, 0.05) is 56.1 Å². The summed E-state index contributed by atoms with van der Waals surface area (Å²) in [6.45, 7) is 0. The molecule has 43 heavy (non-hydrogen) atoms. The van der Waals surface area contributed by atoms with Crippen LogP contribution in [0.25, 0.3) is 82.3 Å². The van der Waals surface area contributed by atoms with Gasteiger partial charge in [0.2, 0.25) is 0 Å². The first kappa shape index (κ1) is 22.8. The van der Waals surface area contributed by atoms with Crippen LogP contribution in [0.4, 0.5) is 0 Å². The number of pyridine rings is 1. The van der Waals surface area contributed by atoms with Crippen LogP contribution >= 0.6 is 0 Å². The van der Waals surface area contributed by atoms with E-state index < -0.39 is 0 Å². The normalized spacial score (nSPS) is 12.2. The van der Waals surface area contributed by atoms with Crippen LogP contribution in [0.2, 0.25) is 0 Å². The van der Waals surface area contributed by atoms with Crippen LogP contribution in [0.5, 0.6) is 0 Å². The van der Waals surface area contributed by atoms with Crippen LogP contribution in [-0.2, 0) is 0 Å². The number of nitrogens with zero attached hydrogens (tertiary/aromatic N) is 4. The third-order valence-electron chi connectivity index (χ3n) is 9.07. The Hall–Kier alpha value is -5.87. The van der Waals surface area contributed by atoms with E-state index in [0.29, 0.717) is 0 Å². The summed E-state index contributed by atoms with van der Waals surface area (Å²) in [6.07, 6.45) is 3.98. The molecule has 0 aliphatic rings. The SMILES string of the molecule is c1ccc(-n2c3ccccc3c3ccc4c5cc6c7ccccc7c7nccn7c6cc5n(-c5ccccc5)c4c32)cc1. The quantitative estimate of drug-likeness (QED) is 0.198. The molecule has 0 bridgehead atoms. The Bertz CT molecular complexity index is 2710. The molecule has 0 atom stereocenters. The number of imidazole rings is 1. The molecule has 0 radical (unpaired) electrons. The molecule has 0 aliphatic heterocycles. The zero-order chi connectivity index (χ0) is 28.1. The van der Waals surface area contributed by atoms with Gasteiger partial charge in [-0.1, -0.05) is 91.0 Å². The highest BCUT2D eigenvalue weighted by atomic mass is 15.0. The van der Waals surface area contributed by atoms with Crippen LogP contribution in [0.3, 0.4) is 0 Å². The molecule has 4 heterocycles. The first-order chi connectivity index (χ1) is 21.4. The zero-order valence-electron chi connectivity index (χ0n) is 23.1. The van der Waals surface area contributed by atoms with Gasteiger partial charge in [0.1, 0.15) is 5.65 Å². The molecular weight excluding hydrogens is 524 g/mol. The van der Waals surface area contributed by atoms with Crippen LogP contribution in [0, 0.1) is 0 Å². The molecule has 4 aromatic heterocycles. The Balaban J connectivity index is 1.50. The number of fused-ring (bicyclic) bond motifs is 13. The number of aromatic nitrogens is 4. The number of rotatable bonds is 2. The van der Waals surface area contributed by atoms with Crippen molar-refractivity contribution in [2.75, 3.05) is 0 Å². The van der Waals surface area contributed by atoms with Gasteiger partial charge in [0.25, 0.3) is 0 Å². The molecule has 10 rings (SSSR count). The summed E-state index contributed by atoms with van der Waals surface area (Å²) in [5, 5.41) is 8.59. The number of benzene rings is 6. The summed E-state index contributed by atoms with van der Waals surface area (Å²) in [5.41, 5.74) is 9.24. The monoisotopic (exact) mass is 548 g/mol. The summed E-state index contributed by atoms with van der Waals surface area (Å²) < 4.78 is 7.14.